The zero-order valence-electron chi connectivity index (χ0n) is 11.8. The Balaban J connectivity index is 2.26. The van der Waals surface area contributed by atoms with Crippen LogP contribution in [0.1, 0.15) is 25.1 Å². The topological polar surface area (TPSA) is 38.9 Å². The molecule has 100 valence electrons. The van der Waals surface area contributed by atoms with E-state index in [1.807, 2.05) is 18.2 Å². The van der Waals surface area contributed by atoms with Crippen molar-refractivity contribution in [3.63, 3.8) is 0 Å². The number of hydrogen-bond acceptors (Lipinski definition) is 2. The van der Waals surface area contributed by atoms with Gasteiger partial charge in [0.25, 0.3) is 0 Å². The van der Waals surface area contributed by atoms with Crippen molar-refractivity contribution in [2.45, 2.75) is 13.8 Å². The van der Waals surface area contributed by atoms with Crippen molar-refractivity contribution >= 4 is 17.8 Å². The Hall–Kier alpha value is -2.35. The van der Waals surface area contributed by atoms with Crippen molar-refractivity contribution in [1.29, 1.82) is 0 Å². The van der Waals surface area contributed by atoms with Gasteiger partial charge in [0.05, 0.1) is 17.6 Å². The molecule has 0 aliphatic heterocycles. The molecule has 0 fully saturated rings. The Labute approximate surface area is 119 Å². The fraction of sp³-hybridized carbons (Fsp3) is 0.167. The lowest BCUT2D eigenvalue weighted by molar-refractivity contribution is 0.633. The fourth-order valence-corrected chi connectivity index (χ4v) is 2.43. The minimum Gasteiger partial charge on any atom is -0.397 e. The number of pyridine rings is 1. The van der Waals surface area contributed by atoms with Gasteiger partial charge in [0.15, 0.2) is 0 Å². The highest BCUT2D eigenvalue weighted by atomic mass is 14.7. The van der Waals surface area contributed by atoms with E-state index in [0.717, 1.165) is 22.4 Å². The number of benzene rings is 1. The lowest BCUT2D eigenvalue weighted by atomic mass is 9.93. The first kappa shape index (κ1) is 12.7. The molecular formula is C18H18N2. The number of hydrogen-bond donors (Lipinski definition) is 1. The summed E-state index contributed by atoms with van der Waals surface area (Å²) in [4.78, 5) is 4.47. The molecule has 2 N–H and O–H groups in total. The van der Waals surface area contributed by atoms with Gasteiger partial charge in [0.1, 0.15) is 0 Å². The van der Waals surface area contributed by atoms with Crippen molar-refractivity contribution in [3.05, 3.63) is 59.9 Å². The number of nitrogen functional groups attached to an aromatic ring is 1. The Kier molecular flexibility index (Phi) is 2.94. The quantitative estimate of drug-likeness (QED) is 0.827. The van der Waals surface area contributed by atoms with Crippen LogP contribution in [0.2, 0.25) is 0 Å². The number of anilines is 1. The lowest BCUT2D eigenvalue weighted by Crippen LogP contribution is -2.00. The minimum atomic E-state index is 0.0312. The molecule has 2 heteroatoms. The van der Waals surface area contributed by atoms with Crippen LogP contribution in [0.4, 0.5) is 5.69 Å². The maximum atomic E-state index is 6.17. The van der Waals surface area contributed by atoms with Crippen LogP contribution in [0.3, 0.4) is 0 Å². The minimum absolute atomic E-state index is 0.0312. The summed E-state index contributed by atoms with van der Waals surface area (Å²) in [5.41, 5.74) is 11.2. The maximum absolute atomic E-state index is 6.17. The molecule has 3 rings (SSSR count). The Morgan fingerprint density at radius 2 is 1.70 bits per heavy atom. The van der Waals surface area contributed by atoms with Crippen molar-refractivity contribution in [3.8, 4) is 11.1 Å². The van der Waals surface area contributed by atoms with Gasteiger partial charge in [-0.25, -0.2) is 0 Å². The number of fused-ring (bicyclic) bond motifs is 1. The first-order chi connectivity index (χ1) is 9.57. The van der Waals surface area contributed by atoms with Gasteiger partial charge >= 0.3 is 0 Å². The lowest BCUT2D eigenvalue weighted by Gasteiger charge is -2.12. The molecule has 1 aromatic carbocycles. The highest BCUT2D eigenvalue weighted by Crippen LogP contribution is 2.35. The van der Waals surface area contributed by atoms with E-state index in [1.54, 1.807) is 6.20 Å². The summed E-state index contributed by atoms with van der Waals surface area (Å²) in [5.74, 6) is 0. The molecule has 0 bridgehead atoms. The molecule has 2 nitrogen and oxygen atoms in total. The smallest absolute Gasteiger partial charge is 0.0706 e. The van der Waals surface area contributed by atoms with E-state index in [0.29, 0.717) is 5.69 Å². The maximum Gasteiger partial charge on any atom is 0.0706 e. The van der Waals surface area contributed by atoms with E-state index >= 15 is 0 Å². The van der Waals surface area contributed by atoms with Gasteiger partial charge in [-0.15, -0.1) is 0 Å². The second kappa shape index (κ2) is 4.64. The van der Waals surface area contributed by atoms with Gasteiger partial charge in [-0.05, 0) is 11.6 Å². The highest BCUT2D eigenvalue weighted by molar-refractivity contribution is 5.88. The van der Waals surface area contributed by atoms with E-state index in [-0.39, 0.29) is 5.41 Å². The first-order valence-electron chi connectivity index (χ1n) is 6.79. The van der Waals surface area contributed by atoms with Gasteiger partial charge in [0.2, 0.25) is 0 Å². The largest absolute Gasteiger partial charge is 0.397 e. The summed E-state index contributed by atoms with van der Waals surface area (Å²) >= 11 is 0. The first-order valence-corrected chi connectivity index (χ1v) is 6.79. The monoisotopic (exact) mass is 262 g/mol. The molecule has 0 unspecified atom stereocenters. The number of nitrogens with two attached hydrogens (primary N) is 1. The van der Waals surface area contributed by atoms with Gasteiger partial charge in [0, 0.05) is 16.5 Å². The zero-order valence-corrected chi connectivity index (χ0v) is 11.8. The van der Waals surface area contributed by atoms with Crippen LogP contribution in [-0.2, 0) is 0 Å². The third-order valence-electron chi connectivity index (χ3n) is 3.59. The molecule has 1 aliphatic carbocycles. The second-order valence-electron chi connectivity index (χ2n) is 5.74. The Morgan fingerprint density at radius 1 is 1.00 bits per heavy atom. The highest BCUT2D eigenvalue weighted by Gasteiger charge is 2.17. The van der Waals surface area contributed by atoms with Crippen molar-refractivity contribution in [1.82, 2.24) is 4.98 Å². The predicted octanol–water partition coefficient (Wildman–Crippen LogP) is 4.40. The van der Waals surface area contributed by atoms with Crippen molar-refractivity contribution in [2.75, 3.05) is 5.73 Å². The van der Waals surface area contributed by atoms with Crippen molar-refractivity contribution in [2.24, 2.45) is 5.41 Å². The molecule has 1 aromatic heterocycles. The second-order valence-corrected chi connectivity index (χ2v) is 5.74. The third-order valence-corrected chi connectivity index (χ3v) is 3.59. The summed E-state index contributed by atoms with van der Waals surface area (Å²) in [5, 5.41) is 0. The van der Waals surface area contributed by atoms with E-state index in [1.165, 1.54) is 0 Å². The average Bonchev–Trinajstić information content (AvgIpc) is 2.59. The summed E-state index contributed by atoms with van der Waals surface area (Å²) in [6.07, 6.45) is 10.3. The van der Waals surface area contributed by atoms with Crippen LogP contribution in [0.5, 0.6) is 0 Å². The van der Waals surface area contributed by atoms with Gasteiger partial charge < -0.3 is 5.73 Å². The average molecular weight is 262 g/mol. The SMILES string of the molecule is CC1(C)C=Cc2ncc(N)c(-c3ccccc3)c2C=C1. The number of nitrogens with zero attached hydrogens (tertiary/aromatic N) is 1. The summed E-state index contributed by atoms with van der Waals surface area (Å²) in [7, 11) is 0. The van der Waals surface area contributed by atoms with E-state index in [9.17, 15) is 0 Å². The summed E-state index contributed by atoms with van der Waals surface area (Å²) in [6, 6.07) is 10.2. The molecule has 0 saturated carbocycles. The molecule has 0 amide bonds. The number of allylic oxidation sites excluding steroid dienone is 2. The van der Waals surface area contributed by atoms with E-state index in [2.05, 4.69) is 55.3 Å². The summed E-state index contributed by atoms with van der Waals surface area (Å²) in [6.45, 7) is 4.36. The molecule has 20 heavy (non-hydrogen) atoms. The van der Waals surface area contributed by atoms with Crippen LogP contribution in [0.15, 0.2) is 48.7 Å². The van der Waals surface area contributed by atoms with Crippen LogP contribution in [0.25, 0.3) is 23.3 Å². The number of rotatable bonds is 1. The standard InChI is InChI=1S/C18H18N2/c1-18(2)10-8-14-16(9-11-18)20-12-15(19)17(14)13-6-4-3-5-7-13/h3-12H,19H2,1-2H3. The molecule has 1 heterocycles. The van der Waals surface area contributed by atoms with E-state index < -0.39 is 0 Å². The predicted molar refractivity (Wildman–Crippen MR) is 85.9 cm³/mol. The molecule has 0 atom stereocenters. The third kappa shape index (κ3) is 2.25. The molecule has 2 aromatic rings. The van der Waals surface area contributed by atoms with Crippen LogP contribution in [0, 0.1) is 5.41 Å². The van der Waals surface area contributed by atoms with Crippen LogP contribution in [-0.4, -0.2) is 4.98 Å². The van der Waals surface area contributed by atoms with Gasteiger partial charge in [-0.2, -0.15) is 0 Å². The number of aromatic nitrogens is 1. The van der Waals surface area contributed by atoms with Gasteiger partial charge in [-0.3, -0.25) is 4.98 Å². The van der Waals surface area contributed by atoms with Gasteiger partial charge in [-0.1, -0.05) is 62.4 Å². The summed E-state index contributed by atoms with van der Waals surface area (Å²) < 4.78 is 0. The van der Waals surface area contributed by atoms with E-state index in [4.69, 9.17) is 5.73 Å². The normalized spacial score (nSPS) is 15.7. The molecule has 0 radical (unpaired) electrons. The fourth-order valence-electron chi connectivity index (χ4n) is 2.43. The van der Waals surface area contributed by atoms with Crippen LogP contribution >= 0.6 is 0 Å². The van der Waals surface area contributed by atoms with Crippen LogP contribution < -0.4 is 5.73 Å². The Morgan fingerprint density at radius 3 is 2.45 bits per heavy atom. The molecular weight excluding hydrogens is 244 g/mol. The molecule has 0 spiro atoms. The Bertz CT molecular complexity index is 695. The zero-order chi connectivity index (χ0) is 14.2. The van der Waals surface area contributed by atoms with Crippen molar-refractivity contribution < 1.29 is 0 Å². The molecule has 0 saturated heterocycles. The molecule has 1 aliphatic rings.